The van der Waals surface area contributed by atoms with Crippen molar-refractivity contribution in [2.45, 2.75) is 58.9 Å². The molecule has 0 saturated carbocycles. The molecule has 0 unspecified atom stereocenters. The maximum atomic E-state index is 5.57. The minimum absolute atomic E-state index is 0.144. The van der Waals surface area contributed by atoms with E-state index in [9.17, 15) is 0 Å². The van der Waals surface area contributed by atoms with Crippen molar-refractivity contribution in [3.05, 3.63) is 28.2 Å². The van der Waals surface area contributed by atoms with Crippen LogP contribution in [0.3, 0.4) is 0 Å². The van der Waals surface area contributed by atoms with Gasteiger partial charge in [-0.15, -0.1) is 0 Å². The molecule has 0 aliphatic carbocycles. The van der Waals surface area contributed by atoms with Gasteiger partial charge in [-0.1, -0.05) is 19.9 Å². The fourth-order valence-corrected chi connectivity index (χ4v) is 2.58. The summed E-state index contributed by atoms with van der Waals surface area (Å²) in [5.41, 5.74) is 1.66. The summed E-state index contributed by atoms with van der Waals surface area (Å²) in [5.74, 6) is 0.917. The third kappa shape index (κ3) is 5.45. The molecule has 0 fully saturated rings. The highest BCUT2D eigenvalue weighted by Crippen LogP contribution is 2.33. The van der Waals surface area contributed by atoms with Crippen LogP contribution in [-0.2, 0) is 5.41 Å². The van der Waals surface area contributed by atoms with Crippen LogP contribution in [-0.4, -0.2) is 18.7 Å². The van der Waals surface area contributed by atoms with Gasteiger partial charge in [0.2, 0.25) is 0 Å². The van der Waals surface area contributed by atoms with Gasteiger partial charge in [0.05, 0.1) is 11.1 Å². The van der Waals surface area contributed by atoms with Gasteiger partial charge in [0.25, 0.3) is 0 Å². The van der Waals surface area contributed by atoms with Crippen LogP contribution in [0, 0.1) is 0 Å². The first-order valence-corrected chi connectivity index (χ1v) is 8.13. The number of hydrogen-bond acceptors (Lipinski definition) is 2. The minimum Gasteiger partial charge on any atom is -0.493 e. The van der Waals surface area contributed by atoms with Crippen LogP contribution in [0.25, 0.3) is 0 Å². The molecule has 0 amide bonds. The van der Waals surface area contributed by atoms with Crippen LogP contribution in [0.2, 0.25) is 0 Å². The van der Waals surface area contributed by atoms with Crippen molar-refractivity contribution in [2.75, 3.05) is 13.2 Å². The van der Waals surface area contributed by atoms with E-state index in [0.29, 0.717) is 6.61 Å². The lowest BCUT2D eigenvalue weighted by atomic mass is 9.81. The molecule has 0 atom stereocenters. The van der Waals surface area contributed by atoms with Crippen LogP contribution in [0.15, 0.2) is 22.7 Å². The third-order valence-corrected chi connectivity index (χ3v) is 4.04. The zero-order valence-corrected chi connectivity index (χ0v) is 15.2. The predicted octanol–water partition coefficient (Wildman–Crippen LogP) is 4.90. The summed E-state index contributed by atoms with van der Waals surface area (Å²) >= 11 is 3.60. The molecule has 114 valence electrons. The molecule has 0 heterocycles. The fraction of sp³-hybridized carbons (Fsp3) is 0.647. The molecule has 20 heavy (non-hydrogen) atoms. The molecule has 0 spiro atoms. The summed E-state index contributed by atoms with van der Waals surface area (Å²) in [6.07, 6.45) is 1.10. The fourth-order valence-electron chi connectivity index (χ4n) is 2.09. The largest absolute Gasteiger partial charge is 0.493 e. The number of nitrogens with one attached hydrogen (secondary N) is 1. The molecule has 1 aromatic rings. The van der Waals surface area contributed by atoms with Crippen LogP contribution in [0.5, 0.6) is 5.75 Å². The molecule has 1 N–H and O–H groups in total. The lowest BCUT2D eigenvalue weighted by molar-refractivity contribution is 0.337. The second-order valence-electron chi connectivity index (χ2n) is 6.89. The summed E-state index contributed by atoms with van der Waals surface area (Å²) in [5, 5.41) is 3.56. The van der Waals surface area contributed by atoms with E-state index in [2.05, 4.69) is 74.1 Å². The van der Waals surface area contributed by atoms with Crippen molar-refractivity contribution in [1.82, 2.24) is 5.32 Å². The Balaban J connectivity index is 2.74. The molecule has 0 bridgehead atoms. The molecule has 3 heteroatoms. The molecule has 0 radical (unpaired) electrons. The number of hydrogen-bond donors (Lipinski definition) is 1. The molecule has 2 nitrogen and oxygen atoms in total. The van der Waals surface area contributed by atoms with Crippen molar-refractivity contribution in [3.8, 4) is 5.75 Å². The van der Waals surface area contributed by atoms with Crippen LogP contribution >= 0.6 is 15.9 Å². The Morgan fingerprint density at radius 3 is 2.30 bits per heavy atom. The Morgan fingerprint density at radius 2 is 1.80 bits per heavy atom. The normalized spacial score (nSPS) is 12.6. The summed E-state index contributed by atoms with van der Waals surface area (Å²) in [4.78, 5) is 0. The second-order valence-corrected chi connectivity index (χ2v) is 7.74. The average molecular weight is 342 g/mol. The molecule has 0 aromatic heterocycles. The summed E-state index contributed by atoms with van der Waals surface area (Å²) in [6.45, 7) is 14.9. The Morgan fingerprint density at radius 1 is 1.15 bits per heavy atom. The first kappa shape index (κ1) is 17.5. The molecule has 0 aliphatic heterocycles. The summed E-state index contributed by atoms with van der Waals surface area (Å²) < 4.78 is 6.61. The van der Waals surface area contributed by atoms with Gasteiger partial charge < -0.3 is 10.1 Å². The quantitative estimate of drug-likeness (QED) is 0.794. The Labute approximate surface area is 132 Å². The predicted molar refractivity (Wildman–Crippen MR) is 90.7 cm³/mol. The summed E-state index contributed by atoms with van der Waals surface area (Å²) in [6, 6.07) is 6.41. The van der Waals surface area contributed by atoms with Crippen molar-refractivity contribution in [1.29, 1.82) is 0 Å². The zero-order valence-electron chi connectivity index (χ0n) is 13.6. The van der Waals surface area contributed by atoms with Crippen molar-refractivity contribution in [2.24, 2.45) is 0 Å². The Kier molecular flexibility index (Phi) is 6.08. The van der Waals surface area contributed by atoms with E-state index in [4.69, 9.17) is 4.74 Å². The van der Waals surface area contributed by atoms with Gasteiger partial charge in [-0.3, -0.25) is 0 Å². The topological polar surface area (TPSA) is 21.3 Å². The standard InChI is InChI=1S/C17H28BrNO/c1-7-20-15-9-8-13(12-14(15)18)17(5,6)10-11-19-16(2,3)4/h8-9,12,19H,7,10-11H2,1-6H3. The Hall–Kier alpha value is -0.540. The monoisotopic (exact) mass is 341 g/mol. The molecule has 1 aromatic carbocycles. The van der Waals surface area contributed by atoms with Crippen molar-refractivity contribution < 1.29 is 4.74 Å². The van der Waals surface area contributed by atoms with E-state index in [-0.39, 0.29) is 11.0 Å². The van der Waals surface area contributed by atoms with Gasteiger partial charge in [0.1, 0.15) is 5.75 Å². The molecule has 0 saturated heterocycles. The van der Waals surface area contributed by atoms with E-state index in [0.717, 1.165) is 23.2 Å². The highest BCUT2D eigenvalue weighted by molar-refractivity contribution is 9.10. The van der Waals surface area contributed by atoms with E-state index in [1.54, 1.807) is 0 Å². The number of halogens is 1. The lowest BCUT2D eigenvalue weighted by Gasteiger charge is -2.29. The molecular formula is C17H28BrNO. The highest BCUT2D eigenvalue weighted by Gasteiger charge is 2.22. The number of benzene rings is 1. The van der Waals surface area contributed by atoms with E-state index < -0.39 is 0 Å². The van der Waals surface area contributed by atoms with Crippen molar-refractivity contribution >= 4 is 15.9 Å². The van der Waals surface area contributed by atoms with Gasteiger partial charge in [-0.25, -0.2) is 0 Å². The first-order valence-electron chi connectivity index (χ1n) is 7.33. The second kappa shape index (κ2) is 6.95. The van der Waals surface area contributed by atoms with Gasteiger partial charge in [0, 0.05) is 5.54 Å². The number of rotatable bonds is 6. The summed E-state index contributed by atoms with van der Waals surface area (Å²) in [7, 11) is 0. The molecule has 0 aliphatic rings. The van der Waals surface area contributed by atoms with E-state index in [1.807, 2.05) is 6.92 Å². The smallest absolute Gasteiger partial charge is 0.133 e. The average Bonchev–Trinajstić information content (AvgIpc) is 2.29. The van der Waals surface area contributed by atoms with Crippen LogP contribution in [0.1, 0.15) is 53.5 Å². The van der Waals surface area contributed by atoms with E-state index >= 15 is 0 Å². The lowest BCUT2D eigenvalue weighted by Crippen LogP contribution is -2.38. The van der Waals surface area contributed by atoms with Gasteiger partial charge in [-0.05, 0) is 79.7 Å². The maximum Gasteiger partial charge on any atom is 0.133 e. The zero-order chi connectivity index (χ0) is 15.4. The van der Waals surface area contributed by atoms with Crippen molar-refractivity contribution in [3.63, 3.8) is 0 Å². The van der Waals surface area contributed by atoms with Gasteiger partial charge >= 0.3 is 0 Å². The molecule has 1 rings (SSSR count). The Bertz CT molecular complexity index is 435. The van der Waals surface area contributed by atoms with Gasteiger partial charge in [-0.2, -0.15) is 0 Å². The highest BCUT2D eigenvalue weighted by atomic mass is 79.9. The first-order chi connectivity index (χ1) is 9.15. The maximum absolute atomic E-state index is 5.57. The van der Waals surface area contributed by atoms with Gasteiger partial charge in [0.15, 0.2) is 0 Å². The van der Waals surface area contributed by atoms with Crippen LogP contribution < -0.4 is 10.1 Å². The van der Waals surface area contributed by atoms with Crippen LogP contribution in [0.4, 0.5) is 0 Å². The molecular weight excluding hydrogens is 314 g/mol. The SMILES string of the molecule is CCOc1ccc(C(C)(C)CCNC(C)(C)C)cc1Br. The third-order valence-electron chi connectivity index (χ3n) is 3.42. The number of ether oxygens (including phenoxy) is 1. The van der Waals surface area contributed by atoms with E-state index in [1.165, 1.54) is 5.56 Å². The minimum atomic E-state index is 0.144.